The molecule has 0 fully saturated rings. The summed E-state index contributed by atoms with van der Waals surface area (Å²) < 4.78 is 33.1. The van der Waals surface area contributed by atoms with E-state index in [1.165, 1.54) is 31.2 Å². The normalized spacial score (nSPS) is 13.0. The third-order valence-electron chi connectivity index (χ3n) is 5.00. The van der Waals surface area contributed by atoms with Gasteiger partial charge in [-0.15, -0.1) is 0 Å². The van der Waals surface area contributed by atoms with Crippen LogP contribution >= 0.6 is 0 Å². The average molecular weight is 467 g/mol. The van der Waals surface area contributed by atoms with E-state index in [1.54, 1.807) is 12.1 Å². The first-order chi connectivity index (χ1) is 15.8. The molecule has 0 radical (unpaired) electrons. The van der Waals surface area contributed by atoms with Crippen molar-refractivity contribution in [2.75, 3.05) is 0 Å². The van der Waals surface area contributed by atoms with Crippen molar-refractivity contribution < 1.29 is 22.7 Å². The Kier molecular flexibility index (Phi) is 7.97. The van der Waals surface area contributed by atoms with Gasteiger partial charge in [-0.25, -0.2) is 17.9 Å². The zero-order valence-corrected chi connectivity index (χ0v) is 19.2. The fourth-order valence-corrected chi connectivity index (χ4v) is 4.15. The molecule has 0 aromatic heterocycles. The van der Waals surface area contributed by atoms with E-state index in [0.29, 0.717) is 0 Å². The van der Waals surface area contributed by atoms with Crippen LogP contribution in [0, 0.1) is 0 Å². The maximum absolute atomic E-state index is 12.6. The summed E-state index contributed by atoms with van der Waals surface area (Å²) in [6, 6.07) is 23.8. The molecule has 2 unspecified atom stereocenters. The molecule has 172 valence electrons. The van der Waals surface area contributed by atoms with Crippen molar-refractivity contribution in [3.63, 3.8) is 0 Å². The maximum atomic E-state index is 12.6. The van der Waals surface area contributed by atoms with Crippen molar-refractivity contribution in [1.29, 1.82) is 0 Å². The summed E-state index contributed by atoms with van der Waals surface area (Å²) in [6.45, 7) is 3.42. The number of nitrogens with one attached hydrogen (secondary N) is 2. The third kappa shape index (κ3) is 6.74. The monoisotopic (exact) mass is 466 g/mol. The number of amides is 1. The molecule has 0 heterocycles. The summed E-state index contributed by atoms with van der Waals surface area (Å²) in [6.07, 6.45) is -1.06. The summed E-state index contributed by atoms with van der Waals surface area (Å²) in [5, 5.41) is 2.80. The van der Waals surface area contributed by atoms with Crippen molar-refractivity contribution in [3.05, 3.63) is 102 Å². The first-order valence-electron chi connectivity index (χ1n) is 10.5. The summed E-state index contributed by atoms with van der Waals surface area (Å²) in [4.78, 5) is 24.9. The van der Waals surface area contributed by atoms with E-state index < -0.39 is 28.0 Å². The number of hydrogen-bond donors (Lipinski definition) is 2. The molecule has 0 saturated heterocycles. The van der Waals surface area contributed by atoms with E-state index in [1.807, 2.05) is 55.5 Å². The van der Waals surface area contributed by atoms with Gasteiger partial charge in [-0.3, -0.25) is 4.79 Å². The number of ether oxygens (including phenoxy) is 1. The molecule has 0 aliphatic carbocycles. The molecule has 0 aliphatic rings. The Morgan fingerprint density at radius 1 is 0.879 bits per heavy atom. The Labute approximate surface area is 193 Å². The lowest BCUT2D eigenvalue weighted by atomic mass is 10.1. The van der Waals surface area contributed by atoms with Gasteiger partial charge in [0.2, 0.25) is 10.0 Å². The molecule has 0 spiro atoms. The Hall–Kier alpha value is -3.49. The minimum Gasteiger partial charge on any atom is -0.449 e. The maximum Gasteiger partial charge on any atom is 0.338 e. The van der Waals surface area contributed by atoms with Gasteiger partial charge in [0.25, 0.3) is 5.91 Å². The van der Waals surface area contributed by atoms with Crippen molar-refractivity contribution in [2.24, 2.45) is 0 Å². The van der Waals surface area contributed by atoms with Crippen molar-refractivity contribution >= 4 is 21.9 Å². The van der Waals surface area contributed by atoms with E-state index in [-0.39, 0.29) is 23.0 Å². The van der Waals surface area contributed by atoms with Gasteiger partial charge in [-0.1, -0.05) is 66.7 Å². The van der Waals surface area contributed by atoms with Crippen LogP contribution in [0.4, 0.5) is 0 Å². The molecule has 1 amide bonds. The van der Waals surface area contributed by atoms with Crippen molar-refractivity contribution in [3.8, 4) is 0 Å². The molecule has 3 rings (SSSR count). The summed E-state index contributed by atoms with van der Waals surface area (Å²) in [5.41, 5.74) is 1.76. The van der Waals surface area contributed by atoms with Crippen LogP contribution in [0.5, 0.6) is 0 Å². The highest BCUT2D eigenvalue weighted by Crippen LogP contribution is 2.15. The first-order valence-corrected chi connectivity index (χ1v) is 11.9. The zero-order chi connectivity index (χ0) is 23.8. The van der Waals surface area contributed by atoms with E-state index in [4.69, 9.17) is 4.74 Å². The lowest BCUT2D eigenvalue weighted by Gasteiger charge is -2.18. The van der Waals surface area contributed by atoms with Gasteiger partial charge >= 0.3 is 5.97 Å². The van der Waals surface area contributed by atoms with Crippen LogP contribution in [0.1, 0.15) is 41.4 Å². The number of carbonyl (C=O) groups is 2. The van der Waals surface area contributed by atoms with Crippen LogP contribution < -0.4 is 10.0 Å². The second kappa shape index (κ2) is 10.9. The Bertz CT molecular complexity index is 1200. The first kappa shape index (κ1) is 24.2. The minimum absolute atomic E-state index is 0.0355. The van der Waals surface area contributed by atoms with Gasteiger partial charge in [-0.2, -0.15) is 0 Å². The predicted molar refractivity (Wildman–Crippen MR) is 125 cm³/mol. The molecule has 0 saturated carbocycles. The second-order valence-electron chi connectivity index (χ2n) is 7.53. The highest BCUT2D eigenvalue weighted by molar-refractivity contribution is 7.89. The molecule has 33 heavy (non-hydrogen) atoms. The standard InChI is InChI=1S/C25H26N2O5S/c1-18(21-12-7-4-8-13-21)27-24(28)19(2)32-25(29)22-14-9-15-23(16-22)33(30,31)26-17-20-10-5-3-6-11-20/h3-16,18-19,26H,17H2,1-2H3,(H,27,28). The molecular formula is C25H26N2O5S. The largest absolute Gasteiger partial charge is 0.449 e. The highest BCUT2D eigenvalue weighted by Gasteiger charge is 2.22. The SMILES string of the molecule is CC(OC(=O)c1cccc(S(=O)(=O)NCc2ccccc2)c1)C(=O)NC(C)c1ccccc1. The zero-order valence-electron chi connectivity index (χ0n) is 18.4. The smallest absolute Gasteiger partial charge is 0.338 e. The molecule has 0 bridgehead atoms. The van der Waals surface area contributed by atoms with E-state index in [0.717, 1.165) is 11.1 Å². The quantitative estimate of drug-likeness (QED) is 0.470. The van der Waals surface area contributed by atoms with Crippen molar-refractivity contribution in [2.45, 2.75) is 37.4 Å². The fraction of sp³-hybridized carbons (Fsp3) is 0.200. The third-order valence-corrected chi connectivity index (χ3v) is 6.40. The summed E-state index contributed by atoms with van der Waals surface area (Å²) >= 11 is 0. The van der Waals surface area contributed by atoms with Crippen LogP contribution in [0.3, 0.4) is 0 Å². The Morgan fingerprint density at radius 3 is 2.18 bits per heavy atom. The molecule has 7 nitrogen and oxygen atoms in total. The van der Waals surface area contributed by atoms with Crippen molar-refractivity contribution in [1.82, 2.24) is 10.0 Å². The van der Waals surface area contributed by atoms with Gasteiger partial charge < -0.3 is 10.1 Å². The predicted octanol–water partition coefficient (Wildman–Crippen LogP) is 3.59. The Balaban J connectivity index is 1.62. The van der Waals surface area contributed by atoms with Gasteiger partial charge in [0.05, 0.1) is 16.5 Å². The number of hydrogen-bond acceptors (Lipinski definition) is 5. The van der Waals surface area contributed by atoms with Gasteiger partial charge in [0, 0.05) is 6.54 Å². The molecule has 2 N–H and O–H groups in total. The fourth-order valence-electron chi connectivity index (χ4n) is 3.09. The number of carbonyl (C=O) groups excluding carboxylic acids is 2. The Morgan fingerprint density at radius 2 is 1.52 bits per heavy atom. The van der Waals surface area contributed by atoms with Crippen LogP contribution in [0.2, 0.25) is 0 Å². The van der Waals surface area contributed by atoms with Crippen LogP contribution in [0.25, 0.3) is 0 Å². The number of sulfonamides is 1. The van der Waals surface area contributed by atoms with E-state index in [9.17, 15) is 18.0 Å². The van der Waals surface area contributed by atoms with Gasteiger partial charge in [0.15, 0.2) is 6.10 Å². The second-order valence-corrected chi connectivity index (χ2v) is 9.29. The molecular weight excluding hydrogens is 440 g/mol. The van der Waals surface area contributed by atoms with Gasteiger partial charge in [0.1, 0.15) is 0 Å². The molecule has 2 atom stereocenters. The number of benzene rings is 3. The summed E-state index contributed by atoms with van der Waals surface area (Å²) in [7, 11) is -3.84. The molecule has 8 heteroatoms. The molecule has 3 aromatic rings. The van der Waals surface area contributed by atoms with Gasteiger partial charge in [-0.05, 0) is 43.2 Å². The molecule has 3 aromatic carbocycles. The lowest BCUT2D eigenvalue weighted by Crippen LogP contribution is -2.37. The topological polar surface area (TPSA) is 102 Å². The lowest BCUT2D eigenvalue weighted by molar-refractivity contribution is -0.129. The highest BCUT2D eigenvalue weighted by atomic mass is 32.2. The van der Waals surface area contributed by atoms with Crippen LogP contribution in [0.15, 0.2) is 89.8 Å². The van der Waals surface area contributed by atoms with Crippen LogP contribution in [-0.4, -0.2) is 26.4 Å². The average Bonchev–Trinajstić information content (AvgIpc) is 2.84. The number of rotatable bonds is 9. The minimum atomic E-state index is -3.84. The van der Waals surface area contributed by atoms with E-state index in [2.05, 4.69) is 10.0 Å². The summed E-state index contributed by atoms with van der Waals surface area (Å²) in [5.74, 6) is -1.24. The number of esters is 1. The van der Waals surface area contributed by atoms with Crippen LogP contribution in [-0.2, 0) is 26.1 Å². The molecule has 0 aliphatic heterocycles. The van der Waals surface area contributed by atoms with E-state index >= 15 is 0 Å².